The van der Waals surface area contributed by atoms with Gasteiger partial charge in [-0.1, -0.05) is 30.3 Å². The van der Waals surface area contributed by atoms with Gasteiger partial charge < -0.3 is 10.2 Å². The van der Waals surface area contributed by atoms with Crippen molar-refractivity contribution in [2.75, 3.05) is 19.6 Å². The number of piperazine rings is 1. The van der Waals surface area contributed by atoms with Crippen LogP contribution in [0.15, 0.2) is 30.3 Å². The zero-order valence-corrected chi connectivity index (χ0v) is 15.5. The molecule has 0 aromatic heterocycles. The molecular formula is C18H23N3O4S. The molecular weight excluding hydrogens is 354 g/mol. The second-order valence-electron chi connectivity index (χ2n) is 6.74. The second kappa shape index (κ2) is 8.09. The highest BCUT2D eigenvalue weighted by molar-refractivity contribution is 7.81. The molecule has 140 valence electrons. The lowest BCUT2D eigenvalue weighted by atomic mass is 10.2. The first-order valence-corrected chi connectivity index (χ1v) is 9.99. The van der Waals surface area contributed by atoms with Gasteiger partial charge in [-0.3, -0.25) is 14.4 Å². The molecule has 0 spiro atoms. The number of carbonyl (C=O) groups excluding carboxylic acids is 3. The van der Waals surface area contributed by atoms with E-state index in [0.717, 1.165) is 5.56 Å². The van der Waals surface area contributed by atoms with Gasteiger partial charge in [-0.2, -0.15) is 0 Å². The van der Waals surface area contributed by atoms with Crippen molar-refractivity contribution in [1.29, 1.82) is 0 Å². The van der Waals surface area contributed by atoms with E-state index in [9.17, 15) is 18.6 Å². The van der Waals surface area contributed by atoms with Gasteiger partial charge in [0.05, 0.1) is 29.8 Å². The van der Waals surface area contributed by atoms with E-state index < -0.39 is 17.0 Å². The fourth-order valence-electron chi connectivity index (χ4n) is 3.52. The van der Waals surface area contributed by atoms with Crippen LogP contribution in [0.25, 0.3) is 0 Å². The van der Waals surface area contributed by atoms with E-state index in [0.29, 0.717) is 25.1 Å². The van der Waals surface area contributed by atoms with E-state index in [1.165, 1.54) is 6.92 Å². The number of fused-ring (bicyclic) bond motifs is 1. The van der Waals surface area contributed by atoms with Crippen LogP contribution in [0.3, 0.4) is 0 Å². The fourth-order valence-corrected chi connectivity index (χ4v) is 4.77. The molecule has 3 atom stereocenters. The van der Waals surface area contributed by atoms with E-state index in [4.69, 9.17) is 0 Å². The fraction of sp³-hybridized carbons (Fsp3) is 0.500. The summed E-state index contributed by atoms with van der Waals surface area (Å²) in [6.07, 6.45) is 1.27. The minimum Gasteiger partial charge on any atom is -0.347 e. The van der Waals surface area contributed by atoms with Gasteiger partial charge in [-0.15, -0.1) is 0 Å². The number of nitrogens with one attached hydrogen (secondary N) is 1. The number of amides is 2. The molecule has 1 aromatic carbocycles. The molecule has 1 aromatic rings. The SMILES string of the molecule is CC(=O)CNC(=O)C1CCC2CN(S(=O)Cc3ccccc3)CC(=O)N21. The summed E-state index contributed by atoms with van der Waals surface area (Å²) in [4.78, 5) is 37.5. The Morgan fingerprint density at radius 3 is 2.65 bits per heavy atom. The van der Waals surface area contributed by atoms with Crippen LogP contribution in [0.4, 0.5) is 0 Å². The first-order chi connectivity index (χ1) is 12.5. The molecule has 2 heterocycles. The van der Waals surface area contributed by atoms with E-state index in [2.05, 4.69) is 5.32 Å². The van der Waals surface area contributed by atoms with Crippen LogP contribution >= 0.6 is 0 Å². The third kappa shape index (κ3) is 4.19. The van der Waals surface area contributed by atoms with Crippen molar-refractivity contribution < 1.29 is 18.6 Å². The van der Waals surface area contributed by atoms with Crippen LogP contribution < -0.4 is 5.32 Å². The molecule has 2 aliphatic heterocycles. The molecule has 0 saturated carbocycles. The number of ketones is 1. The van der Waals surface area contributed by atoms with Gasteiger partial charge in [-0.05, 0) is 25.3 Å². The molecule has 2 aliphatic rings. The quantitative estimate of drug-likeness (QED) is 0.769. The monoisotopic (exact) mass is 377 g/mol. The molecule has 0 aliphatic carbocycles. The predicted octanol–water partition coefficient (Wildman–Crippen LogP) is 0.231. The normalized spacial score (nSPS) is 24.2. The number of hydrogen-bond donors (Lipinski definition) is 1. The standard InChI is InChI=1S/C18H23N3O4S/c1-13(22)9-19-18(24)16-8-7-15-10-20(11-17(23)21(15)16)26(25)12-14-5-3-2-4-6-14/h2-6,15-16H,7-12H2,1H3,(H,19,24). The van der Waals surface area contributed by atoms with Gasteiger partial charge in [0.2, 0.25) is 11.8 Å². The Labute approximate surface area is 155 Å². The van der Waals surface area contributed by atoms with Crippen molar-refractivity contribution in [3.63, 3.8) is 0 Å². The van der Waals surface area contributed by atoms with Crippen LogP contribution in [0.5, 0.6) is 0 Å². The molecule has 0 radical (unpaired) electrons. The second-order valence-corrected chi connectivity index (χ2v) is 8.19. The summed E-state index contributed by atoms with van der Waals surface area (Å²) < 4.78 is 14.3. The first kappa shape index (κ1) is 18.7. The lowest BCUT2D eigenvalue weighted by Crippen LogP contribution is -2.59. The molecule has 26 heavy (non-hydrogen) atoms. The van der Waals surface area contributed by atoms with Gasteiger partial charge in [-0.25, -0.2) is 8.51 Å². The van der Waals surface area contributed by atoms with Crippen molar-refractivity contribution in [2.24, 2.45) is 0 Å². The topological polar surface area (TPSA) is 86.8 Å². The third-order valence-corrected chi connectivity index (χ3v) is 6.19. The highest BCUT2D eigenvalue weighted by atomic mass is 32.2. The summed E-state index contributed by atoms with van der Waals surface area (Å²) >= 11 is 0. The number of benzene rings is 1. The summed E-state index contributed by atoms with van der Waals surface area (Å²) in [5, 5.41) is 2.59. The minimum atomic E-state index is -1.28. The number of rotatable bonds is 6. The minimum absolute atomic E-state index is 0.0186. The van der Waals surface area contributed by atoms with Gasteiger partial charge in [0.1, 0.15) is 11.8 Å². The Morgan fingerprint density at radius 2 is 1.96 bits per heavy atom. The smallest absolute Gasteiger partial charge is 0.243 e. The average Bonchev–Trinajstić information content (AvgIpc) is 3.05. The molecule has 0 bridgehead atoms. The van der Waals surface area contributed by atoms with Crippen LogP contribution in [-0.4, -0.2) is 62.7 Å². The maximum absolute atomic E-state index is 12.6. The number of carbonyl (C=O) groups is 3. The first-order valence-electron chi connectivity index (χ1n) is 8.71. The van der Waals surface area contributed by atoms with Gasteiger partial charge >= 0.3 is 0 Å². The van der Waals surface area contributed by atoms with Crippen molar-refractivity contribution in [3.05, 3.63) is 35.9 Å². The molecule has 8 heteroatoms. The maximum Gasteiger partial charge on any atom is 0.243 e. The molecule has 2 saturated heterocycles. The van der Waals surface area contributed by atoms with Gasteiger partial charge in [0, 0.05) is 12.6 Å². The Kier molecular flexibility index (Phi) is 5.83. The predicted molar refractivity (Wildman–Crippen MR) is 97.2 cm³/mol. The lowest BCUT2D eigenvalue weighted by Gasteiger charge is -2.38. The van der Waals surface area contributed by atoms with Crippen molar-refractivity contribution in [1.82, 2.24) is 14.5 Å². The van der Waals surface area contributed by atoms with Crippen molar-refractivity contribution in [3.8, 4) is 0 Å². The largest absolute Gasteiger partial charge is 0.347 e. The highest BCUT2D eigenvalue weighted by Crippen LogP contribution is 2.29. The van der Waals surface area contributed by atoms with Gasteiger partial charge in [0.15, 0.2) is 0 Å². The summed E-state index contributed by atoms with van der Waals surface area (Å²) in [7, 11) is -1.28. The van der Waals surface area contributed by atoms with Crippen LogP contribution in [0.2, 0.25) is 0 Å². The zero-order chi connectivity index (χ0) is 18.7. The Balaban J connectivity index is 1.61. The lowest BCUT2D eigenvalue weighted by molar-refractivity contribution is -0.143. The summed E-state index contributed by atoms with van der Waals surface area (Å²) in [5.74, 6) is -0.206. The Morgan fingerprint density at radius 1 is 1.23 bits per heavy atom. The summed E-state index contributed by atoms with van der Waals surface area (Å²) in [5.41, 5.74) is 0.966. The van der Waals surface area contributed by atoms with Gasteiger partial charge in [0.25, 0.3) is 0 Å². The van der Waals surface area contributed by atoms with E-state index >= 15 is 0 Å². The van der Waals surface area contributed by atoms with Crippen LogP contribution in [-0.2, 0) is 31.1 Å². The molecule has 3 unspecified atom stereocenters. The molecule has 2 amide bonds. The molecule has 3 rings (SSSR count). The number of nitrogens with zero attached hydrogens (tertiary/aromatic N) is 2. The van der Waals surface area contributed by atoms with E-state index in [1.54, 1.807) is 9.21 Å². The van der Waals surface area contributed by atoms with E-state index in [1.807, 2.05) is 30.3 Å². The van der Waals surface area contributed by atoms with Crippen LogP contribution in [0, 0.1) is 0 Å². The number of hydrogen-bond acceptors (Lipinski definition) is 4. The average molecular weight is 377 g/mol. The highest BCUT2D eigenvalue weighted by Gasteiger charge is 2.45. The third-order valence-electron chi connectivity index (χ3n) is 4.75. The van der Waals surface area contributed by atoms with Crippen molar-refractivity contribution >= 4 is 28.6 Å². The van der Waals surface area contributed by atoms with E-state index in [-0.39, 0.29) is 36.7 Å². The molecule has 1 N–H and O–H groups in total. The Bertz CT molecular complexity index is 724. The van der Waals surface area contributed by atoms with Crippen LogP contribution in [0.1, 0.15) is 25.3 Å². The van der Waals surface area contributed by atoms with Crippen molar-refractivity contribution in [2.45, 2.75) is 37.6 Å². The Hall–Kier alpha value is -2.06. The summed E-state index contributed by atoms with van der Waals surface area (Å²) in [6.45, 7) is 1.94. The maximum atomic E-state index is 12.6. The molecule has 2 fully saturated rings. The zero-order valence-electron chi connectivity index (χ0n) is 14.7. The molecule has 7 nitrogen and oxygen atoms in total. The summed E-state index contributed by atoms with van der Waals surface area (Å²) in [6, 6.07) is 8.90. The number of Topliss-reactive ketones (excluding diaryl/α,β-unsaturated/α-hetero) is 1.